The standard InChI is InChI=1S/C13H15NO/c1-4-13(15)11-8-14(3)12-7-9(2)5-6-10(11)12/h5-8H,4H2,1-3H3. The van der Waals surface area contributed by atoms with Crippen molar-refractivity contribution in [3.63, 3.8) is 0 Å². The molecule has 0 amide bonds. The quantitative estimate of drug-likeness (QED) is 0.684. The van der Waals surface area contributed by atoms with Gasteiger partial charge in [0.1, 0.15) is 0 Å². The van der Waals surface area contributed by atoms with Crippen molar-refractivity contribution in [2.75, 3.05) is 0 Å². The molecule has 2 aromatic rings. The first-order valence-electron chi connectivity index (χ1n) is 5.22. The summed E-state index contributed by atoms with van der Waals surface area (Å²) in [6, 6.07) is 6.20. The highest BCUT2D eigenvalue weighted by atomic mass is 16.1. The Labute approximate surface area is 89.5 Å². The maximum atomic E-state index is 11.7. The molecule has 15 heavy (non-hydrogen) atoms. The van der Waals surface area contributed by atoms with Gasteiger partial charge in [-0.3, -0.25) is 4.79 Å². The third kappa shape index (κ3) is 1.56. The van der Waals surface area contributed by atoms with Crippen LogP contribution >= 0.6 is 0 Å². The number of Topliss-reactive ketones (excluding diaryl/α,β-unsaturated/α-hetero) is 1. The van der Waals surface area contributed by atoms with Crippen molar-refractivity contribution in [1.29, 1.82) is 0 Å². The van der Waals surface area contributed by atoms with Gasteiger partial charge in [0.2, 0.25) is 0 Å². The van der Waals surface area contributed by atoms with Crippen molar-refractivity contribution in [2.24, 2.45) is 7.05 Å². The van der Waals surface area contributed by atoms with Gasteiger partial charge in [0, 0.05) is 36.1 Å². The molecule has 0 N–H and O–H groups in total. The van der Waals surface area contributed by atoms with Gasteiger partial charge in [-0.15, -0.1) is 0 Å². The van der Waals surface area contributed by atoms with E-state index in [1.807, 2.05) is 30.8 Å². The Balaban J connectivity index is 2.73. The third-order valence-corrected chi connectivity index (χ3v) is 2.77. The molecule has 0 bridgehead atoms. The van der Waals surface area contributed by atoms with E-state index in [0.717, 1.165) is 16.5 Å². The number of benzene rings is 1. The Morgan fingerprint density at radius 3 is 2.80 bits per heavy atom. The van der Waals surface area contributed by atoms with Crippen LogP contribution in [0.2, 0.25) is 0 Å². The van der Waals surface area contributed by atoms with E-state index in [9.17, 15) is 4.79 Å². The largest absolute Gasteiger partial charge is 0.350 e. The predicted molar refractivity (Wildman–Crippen MR) is 62.3 cm³/mol. The molecule has 1 aromatic carbocycles. The van der Waals surface area contributed by atoms with Gasteiger partial charge in [-0.05, 0) is 18.6 Å². The molecule has 2 rings (SSSR count). The van der Waals surface area contributed by atoms with Crippen LogP contribution in [0.1, 0.15) is 29.3 Å². The zero-order chi connectivity index (χ0) is 11.0. The lowest BCUT2D eigenvalue weighted by Crippen LogP contribution is -1.94. The number of nitrogens with zero attached hydrogens (tertiary/aromatic N) is 1. The minimum atomic E-state index is 0.212. The van der Waals surface area contributed by atoms with Crippen molar-refractivity contribution in [3.8, 4) is 0 Å². The number of aromatic nitrogens is 1. The summed E-state index contributed by atoms with van der Waals surface area (Å²) in [6.07, 6.45) is 2.49. The molecule has 0 unspecified atom stereocenters. The fourth-order valence-corrected chi connectivity index (χ4v) is 1.91. The molecular formula is C13H15NO. The van der Waals surface area contributed by atoms with E-state index in [-0.39, 0.29) is 5.78 Å². The normalized spacial score (nSPS) is 10.9. The number of hydrogen-bond donors (Lipinski definition) is 0. The van der Waals surface area contributed by atoms with Crippen molar-refractivity contribution in [3.05, 3.63) is 35.5 Å². The molecule has 0 aliphatic rings. The van der Waals surface area contributed by atoms with Gasteiger partial charge in [-0.1, -0.05) is 19.1 Å². The minimum Gasteiger partial charge on any atom is -0.350 e. The van der Waals surface area contributed by atoms with Crippen LogP contribution < -0.4 is 0 Å². The molecule has 0 radical (unpaired) electrons. The SMILES string of the molecule is CCC(=O)c1cn(C)c2cc(C)ccc12. The summed E-state index contributed by atoms with van der Waals surface area (Å²) in [5.41, 5.74) is 3.20. The van der Waals surface area contributed by atoms with Crippen molar-refractivity contribution in [2.45, 2.75) is 20.3 Å². The molecule has 0 aliphatic heterocycles. The van der Waals surface area contributed by atoms with Crippen LogP contribution in [0.3, 0.4) is 0 Å². The summed E-state index contributed by atoms with van der Waals surface area (Å²) in [4.78, 5) is 11.7. The first-order valence-corrected chi connectivity index (χ1v) is 5.22. The molecule has 2 nitrogen and oxygen atoms in total. The van der Waals surface area contributed by atoms with Gasteiger partial charge in [-0.25, -0.2) is 0 Å². The average molecular weight is 201 g/mol. The number of carbonyl (C=O) groups excluding carboxylic acids is 1. The summed E-state index contributed by atoms with van der Waals surface area (Å²) in [7, 11) is 1.98. The highest BCUT2D eigenvalue weighted by Gasteiger charge is 2.11. The summed E-state index contributed by atoms with van der Waals surface area (Å²) in [5, 5.41) is 1.06. The van der Waals surface area contributed by atoms with Gasteiger partial charge in [0.15, 0.2) is 5.78 Å². The first-order chi connectivity index (χ1) is 7.13. The maximum Gasteiger partial charge on any atom is 0.164 e. The third-order valence-electron chi connectivity index (χ3n) is 2.77. The van der Waals surface area contributed by atoms with Crippen LogP contribution in [-0.4, -0.2) is 10.4 Å². The van der Waals surface area contributed by atoms with Gasteiger partial charge in [0.05, 0.1) is 0 Å². The number of rotatable bonds is 2. The topological polar surface area (TPSA) is 22.0 Å². The molecule has 1 heterocycles. The average Bonchev–Trinajstić information content (AvgIpc) is 2.55. The molecule has 2 heteroatoms. The van der Waals surface area contributed by atoms with Crippen molar-refractivity contribution >= 4 is 16.7 Å². The van der Waals surface area contributed by atoms with E-state index in [1.165, 1.54) is 5.56 Å². The molecular weight excluding hydrogens is 186 g/mol. The van der Waals surface area contributed by atoms with Gasteiger partial charge in [0.25, 0.3) is 0 Å². The van der Waals surface area contributed by atoms with Crippen molar-refractivity contribution in [1.82, 2.24) is 4.57 Å². The number of carbonyl (C=O) groups is 1. The number of fused-ring (bicyclic) bond motifs is 1. The predicted octanol–water partition coefficient (Wildman–Crippen LogP) is 3.08. The van der Waals surface area contributed by atoms with Crippen LogP contribution in [0, 0.1) is 6.92 Å². The van der Waals surface area contributed by atoms with Crippen LogP contribution in [0.25, 0.3) is 10.9 Å². The Kier molecular flexibility index (Phi) is 2.35. The van der Waals surface area contributed by atoms with Crippen LogP contribution in [0.15, 0.2) is 24.4 Å². The summed E-state index contributed by atoms with van der Waals surface area (Å²) >= 11 is 0. The first kappa shape index (κ1) is 9.97. The van der Waals surface area contributed by atoms with Crippen LogP contribution in [-0.2, 0) is 7.05 Å². The second-order valence-corrected chi connectivity index (χ2v) is 3.95. The Hall–Kier alpha value is -1.57. The number of aryl methyl sites for hydroxylation is 2. The summed E-state index contributed by atoms with van der Waals surface area (Å²) in [6.45, 7) is 3.96. The molecule has 0 saturated carbocycles. The van der Waals surface area contributed by atoms with E-state index < -0.39 is 0 Å². The molecule has 0 aliphatic carbocycles. The highest BCUT2D eigenvalue weighted by molar-refractivity contribution is 6.08. The van der Waals surface area contributed by atoms with Crippen LogP contribution in [0.5, 0.6) is 0 Å². The maximum absolute atomic E-state index is 11.7. The lowest BCUT2D eigenvalue weighted by Gasteiger charge is -1.97. The second kappa shape index (κ2) is 3.54. The minimum absolute atomic E-state index is 0.212. The van der Waals surface area contributed by atoms with E-state index in [0.29, 0.717) is 6.42 Å². The second-order valence-electron chi connectivity index (χ2n) is 3.95. The van der Waals surface area contributed by atoms with Crippen LogP contribution in [0.4, 0.5) is 0 Å². The molecule has 0 atom stereocenters. The fraction of sp³-hybridized carbons (Fsp3) is 0.308. The molecule has 0 spiro atoms. The summed E-state index contributed by atoms with van der Waals surface area (Å²) < 4.78 is 2.02. The Bertz CT molecular complexity index is 523. The number of hydrogen-bond acceptors (Lipinski definition) is 1. The smallest absolute Gasteiger partial charge is 0.164 e. The highest BCUT2D eigenvalue weighted by Crippen LogP contribution is 2.22. The summed E-state index contributed by atoms with van der Waals surface area (Å²) in [5.74, 6) is 0.212. The Morgan fingerprint density at radius 1 is 1.40 bits per heavy atom. The monoisotopic (exact) mass is 201 g/mol. The Morgan fingerprint density at radius 2 is 2.13 bits per heavy atom. The lowest BCUT2D eigenvalue weighted by atomic mass is 10.1. The molecule has 0 saturated heterocycles. The van der Waals surface area contributed by atoms with E-state index in [4.69, 9.17) is 0 Å². The van der Waals surface area contributed by atoms with E-state index in [1.54, 1.807) is 0 Å². The van der Waals surface area contributed by atoms with E-state index >= 15 is 0 Å². The van der Waals surface area contributed by atoms with Gasteiger partial charge >= 0.3 is 0 Å². The van der Waals surface area contributed by atoms with Gasteiger partial charge in [-0.2, -0.15) is 0 Å². The zero-order valence-corrected chi connectivity index (χ0v) is 9.37. The number of ketones is 1. The van der Waals surface area contributed by atoms with Crippen molar-refractivity contribution < 1.29 is 4.79 Å². The zero-order valence-electron chi connectivity index (χ0n) is 9.37. The van der Waals surface area contributed by atoms with E-state index in [2.05, 4.69) is 19.1 Å². The molecule has 78 valence electrons. The lowest BCUT2D eigenvalue weighted by molar-refractivity contribution is 0.0989. The fourth-order valence-electron chi connectivity index (χ4n) is 1.91. The van der Waals surface area contributed by atoms with Gasteiger partial charge < -0.3 is 4.57 Å². The molecule has 0 fully saturated rings. The molecule has 1 aromatic heterocycles.